The van der Waals surface area contributed by atoms with Crippen molar-refractivity contribution in [1.29, 1.82) is 0 Å². The number of carbonyl (C=O) groups is 3. The summed E-state index contributed by atoms with van der Waals surface area (Å²) in [5, 5.41) is 2.76. The third-order valence-corrected chi connectivity index (χ3v) is 6.04. The summed E-state index contributed by atoms with van der Waals surface area (Å²) in [6.07, 6.45) is 0. The maximum atomic E-state index is 13.0. The zero-order valence-corrected chi connectivity index (χ0v) is 17.1. The molecule has 1 aliphatic rings. The summed E-state index contributed by atoms with van der Waals surface area (Å²) in [5.41, 5.74) is 1.29. The SMILES string of the molecule is Cc1cc(C(=O)CN2C(=O)N[C@@](C)(c3ccc(C(C)C)cc3)C2=O)c(C)s1. The Morgan fingerprint density at radius 2 is 1.81 bits per heavy atom. The number of nitrogens with one attached hydrogen (secondary N) is 1. The van der Waals surface area contributed by atoms with E-state index in [0.717, 1.165) is 20.2 Å². The number of hydrogen-bond acceptors (Lipinski definition) is 4. The second-order valence-electron chi connectivity index (χ2n) is 7.47. The van der Waals surface area contributed by atoms with E-state index in [-0.39, 0.29) is 12.3 Å². The van der Waals surface area contributed by atoms with E-state index < -0.39 is 17.5 Å². The molecule has 0 unspecified atom stereocenters. The number of amides is 3. The highest BCUT2D eigenvalue weighted by Crippen LogP contribution is 2.30. The molecule has 3 amide bonds. The van der Waals surface area contributed by atoms with Gasteiger partial charge in [0.1, 0.15) is 5.54 Å². The minimum atomic E-state index is -1.16. The number of ketones is 1. The van der Waals surface area contributed by atoms with Crippen molar-refractivity contribution in [2.24, 2.45) is 0 Å². The Kier molecular flexibility index (Phi) is 4.95. The Hall–Kier alpha value is -2.47. The van der Waals surface area contributed by atoms with Crippen molar-refractivity contribution in [2.45, 2.75) is 46.1 Å². The summed E-state index contributed by atoms with van der Waals surface area (Å²) in [6, 6.07) is 8.95. The molecule has 1 atom stereocenters. The first-order valence-electron chi connectivity index (χ1n) is 8.98. The molecule has 142 valence electrons. The minimum Gasteiger partial charge on any atom is -0.319 e. The number of urea groups is 1. The van der Waals surface area contributed by atoms with Crippen LogP contribution in [-0.2, 0) is 10.3 Å². The second-order valence-corrected chi connectivity index (χ2v) is 8.93. The number of nitrogens with zero attached hydrogens (tertiary/aromatic N) is 1. The predicted octanol–water partition coefficient (Wildman–Crippen LogP) is 4.14. The molecule has 1 aromatic heterocycles. The van der Waals surface area contributed by atoms with E-state index in [9.17, 15) is 14.4 Å². The highest BCUT2D eigenvalue weighted by Gasteiger charge is 2.49. The lowest BCUT2D eigenvalue weighted by Crippen LogP contribution is -2.41. The third-order valence-electron chi connectivity index (χ3n) is 5.07. The van der Waals surface area contributed by atoms with E-state index in [1.807, 2.05) is 44.2 Å². The van der Waals surface area contributed by atoms with Gasteiger partial charge >= 0.3 is 6.03 Å². The normalized spacial score (nSPS) is 19.7. The number of benzene rings is 1. The van der Waals surface area contributed by atoms with Crippen LogP contribution in [0.4, 0.5) is 4.79 Å². The van der Waals surface area contributed by atoms with Gasteiger partial charge in [-0.25, -0.2) is 4.79 Å². The van der Waals surface area contributed by atoms with Gasteiger partial charge in [-0.1, -0.05) is 38.1 Å². The second kappa shape index (κ2) is 6.93. The zero-order chi connectivity index (χ0) is 19.9. The van der Waals surface area contributed by atoms with Crippen LogP contribution < -0.4 is 5.32 Å². The predicted molar refractivity (Wildman–Crippen MR) is 106 cm³/mol. The van der Waals surface area contributed by atoms with Gasteiger partial charge in [0.25, 0.3) is 5.91 Å². The molecule has 6 heteroatoms. The lowest BCUT2D eigenvalue weighted by Gasteiger charge is -2.22. The van der Waals surface area contributed by atoms with Gasteiger partial charge in [-0.3, -0.25) is 14.5 Å². The van der Waals surface area contributed by atoms with Crippen LogP contribution >= 0.6 is 11.3 Å². The highest BCUT2D eigenvalue weighted by atomic mass is 32.1. The Bertz CT molecular complexity index is 914. The largest absolute Gasteiger partial charge is 0.325 e. The summed E-state index contributed by atoms with van der Waals surface area (Å²) in [5.74, 6) is -0.241. The van der Waals surface area contributed by atoms with Crippen molar-refractivity contribution in [1.82, 2.24) is 10.2 Å². The van der Waals surface area contributed by atoms with E-state index >= 15 is 0 Å². The van der Waals surface area contributed by atoms with Gasteiger partial charge in [0, 0.05) is 15.3 Å². The van der Waals surface area contributed by atoms with Gasteiger partial charge < -0.3 is 5.32 Å². The topological polar surface area (TPSA) is 66.5 Å². The summed E-state index contributed by atoms with van der Waals surface area (Å²) >= 11 is 1.53. The van der Waals surface area contributed by atoms with Gasteiger partial charge in [-0.15, -0.1) is 11.3 Å². The zero-order valence-electron chi connectivity index (χ0n) is 16.3. The molecule has 0 spiro atoms. The summed E-state index contributed by atoms with van der Waals surface area (Å²) in [4.78, 5) is 41.0. The van der Waals surface area contributed by atoms with Gasteiger partial charge in [0.15, 0.2) is 5.78 Å². The van der Waals surface area contributed by atoms with Crippen LogP contribution in [0.5, 0.6) is 0 Å². The molecule has 0 bridgehead atoms. The lowest BCUT2D eigenvalue weighted by molar-refractivity contribution is -0.130. The molecular formula is C21H24N2O3S. The smallest absolute Gasteiger partial charge is 0.319 e. The van der Waals surface area contributed by atoms with Crippen molar-refractivity contribution >= 4 is 29.1 Å². The number of hydrogen-bond donors (Lipinski definition) is 1. The maximum absolute atomic E-state index is 13.0. The molecule has 1 aromatic carbocycles. The average molecular weight is 385 g/mol. The molecule has 0 saturated carbocycles. The fourth-order valence-electron chi connectivity index (χ4n) is 3.37. The van der Waals surface area contributed by atoms with Crippen LogP contribution in [0.25, 0.3) is 0 Å². The van der Waals surface area contributed by atoms with Crippen LogP contribution in [0.1, 0.15) is 57.9 Å². The molecule has 27 heavy (non-hydrogen) atoms. The molecule has 3 rings (SSSR count). The first-order chi connectivity index (χ1) is 12.6. The molecule has 5 nitrogen and oxygen atoms in total. The molecule has 1 fully saturated rings. The van der Waals surface area contributed by atoms with Crippen molar-refractivity contribution in [3.05, 3.63) is 56.8 Å². The van der Waals surface area contributed by atoms with Crippen molar-refractivity contribution in [2.75, 3.05) is 6.54 Å². The summed E-state index contributed by atoms with van der Waals surface area (Å²) < 4.78 is 0. The lowest BCUT2D eigenvalue weighted by atomic mass is 9.90. The fraction of sp³-hybridized carbons (Fsp3) is 0.381. The molecule has 2 aromatic rings. The number of thiophene rings is 1. The average Bonchev–Trinajstić information content (AvgIpc) is 3.06. The molecular weight excluding hydrogens is 360 g/mol. The number of carbonyl (C=O) groups excluding carboxylic acids is 3. The van der Waals surface area contributed by atoms with E-state index in [4.69, 9.17) is 0 Å². The summed E-state index contributed by atoms with van der Waals surface area (Å²) in [6.45, 7) is 9.43. The molecule has 1 saturated heterocycles. The first kappa shape index (κ1) is 19.3. The number of aryl methyl sites for hydroxylation is 2. The number of rotatable bonds is 5. The summed E-state index contributed by atoms with van der Waals surface area (Å²) in [7, 11) is 0. The quantitative estimate of drug-likeness (QED) is 0.622. The third kappa shape index (κ3) is 3.41. The Morgan fingerprint density at radius 1 is 1.19 bits per heavy atom. The van der Waals surface area contributed by atoms with E-state index in [2.05, 4.69) is 19.2 Å². The molecule has 2 heterocycles. The van der Waals surface area contributed by atoms with Gasteiger partial charge in [0.2, 0.25) is 0 Å². The van der Waals surface area contributed by atoms with Crippen LogP contribution in [0.2, 0.25) is 0 Å². The van der Waals surface area contributed by atoms with E-state index in [1.54, 1.807) is 6.92 Å². The fourth-order valence-corrected chi connectivity index (χ4v) is 4.32. The molecule has 1 N–H and O–H groups in total. The molecule has 0 aliphatic carbocycles. The van der Waals surface area contributed by atoms with Gasteiger partial charge in [-0.05, 0) is 43.9 Å². The molecule has 0 radical (unpaired) electrons. The molecule has 1 aliphatic heterocycles. The van der Waals surface area contributed by atoms with Crippen molar-refractivity contribution < 1.29 is 14.4 Å². The Labute approximate surface area is 163 Å². The van der Waals surface area contributed by atoms with Crippen LogP contribution in [0, 0.1) is 13.8 Å². The van der Waals surface area contributed by atoms with Gasteiger partial charge in [0.05, 0.1) is 6.54 Å². The number of imide groups is 1. The Balaban J connectivity index is 1.83. The van der Waals surface area contributed by atoms with E-state index in [1.165, 1.54) is 11.3 Å². The highest BCUT2D eigenvalue weighted by molar-refractivity contribution is 7.12. The first-order valence-corrected chi connectivity index (χ1v) is 9.80. The van der Waals surface area contributed by atoms with Crippen molar-refractivity contribution in [3.8, 4) is 0 Å². The van der Waals surface area contributed by atoms with Crippen LogP contribution in [0.3, 0.4) is 0 Å². The van der Waals surface area contributed by atoms with Crippen molar-refractivity contribution in [3.63, 3.8) is 0 Å². The van der Waals surface area contributed by atoms with Gasteiger partial charge in [-0.2, -0.15) is 0 Å². The maximum Gasteiger partial charge on any atom is 0.325 e. The Morgan fingerprint density at radius 3 is 2.33 bits per heavy atom. The monoisotopic (exact) mass is 384 g/mol. The number of Topliss-reactive ketones (excluding diaryl/α,β-unsaturated/α-hetero) is 1. The van der Waals surface area contributed by atoms with Crippen LogP contribution in [0.15, 0.2) is 30.3 Å². The van der Waals surface area contributed by atoms with E-state index in [0.29, 0.717) is 17.0 Å². The van der Waals surface area contributed by atoms with Crippen LogP contribution in [-0.4, -0.2) is 29.2 Å². The minimum absolute atomic E-state index is 0.222. The standard InChI is InChI=1S/C21H24N2O3S/c1-12(2)15-6-8-16(9-7-15)21(5)19(25)23(20(26)22-21)11-18(24)17-10-13(3)27-14(17)4/h6-10,12H,11H2,1-5H3,(H,22,26)/t21-/m0/s1.